The third kappa shape index (κ3) is 0.905. The van der Waals surface area contributed by atoms with Crippen LogP contribution < -0.4 is 5.73 Å². The van der Waals surface area contributed by atoms with Gasteiger partial charge in [-0.15, -0.1) is 0 Å². The van der Waals surface area contributed by atoms with Gasteiger partial charge in [-0.2, -0.15) is 0 Å². The molecule has 0 aliphatic heterocycles. The van der Waals surface area contributed by atoms with Gasteiger partial charge in [-0.1, -0.05) is 5.11 Å². The summed E-state index contributed by atoms with van der Waals surface area (Å²) in [4.78, 5) is 2.83. The maximum absolute atomic E-state index is 8.27. The van der Waals surface area contributed by atoms with Gasteiger partial charge in [0, 0.05) is 10.5 Å². The molecule has 0 aromatic rings. The molecule has 0 saturated heterocycles. The van der Waals surface area contributed by atoms with E-state index in [4.69, 9.17) is 11.3 Å². The van der Waals surface area contributed by atoms with E-state index in [0.29, 0.717) is 0 Å². The predicted octanol–water partition coefficient (Wildman–Crippen LogP) is 1.57. The molecule has 2 fully saturated rings. The molecule has 0 amide bonds. The average Bonchev–Trinajstić information content (AvgIpc) is 2.44. The highest BCUT2D eigenvalue weighted by Gasteiger charge is 2.48. The molecule has 3 unspecified atom stereocenters. The molecule has 60 valence electrons. The summed E-state index contributed by atoms with van der Waals surface area (Å²) >= 11 is 0. The molecule has 0 aromatic heterocycles. The van der Waals surface area contributed by atoms with Crippen molar-refractivity contribution in [1.29, 1.82) is 0 Å². The minimum atomic E-state index is -0.142. The van der Waals surface area contributed by atoms with Crippen molar-refractivity contribution in [3.63, 3.8) is 0 Å². The molecule has 11 heavy (non-hydrogen) atoms. The molecule has 0 heterocycles. The standard InChI is InChI=1S/C7H12N4/c8-7-2-1-5(4-7)3-6(7)10-11-9/h5-6H,1-4,8H2. The van der Waals surface area contributed by atoms with Crippen molar-refractivity contribution in [2.24, 2.45) is 16.8 Å². The number of nitrogens with zero attached hydrogens (tertiary/aromatic N) is 3. The van der Waals surface area contributed by atoms with Crippen LogP contribution in [0.4, 0.5) is 0 Å². The topological polar surface area (TPSA) is 74.8 Å². The van der Waals surface area contributed by atoms with E-state index in [1.165, 1.54) is 6.42 Å². The van der Waals surface area contributed by atoms with Gasteiger partial charge in [-0.05, 0) is 37.1 Å². The van der Waals surface area contributed by atoms with Gasteiger partial charge >= 0.3 is 0 Å². The van der Waals surface area contributed by atoms with Gasteiger partial charge in [0.15, 0.2) is 0 Å². The largest absolute Gasteiger partial charge is 0.325 e. The Hall–Kier alpha value is -0.730. The molecule has 3 atom stereocenters. The summed E-state index contributed by atoms with van der Waals surface area (Å²) in [5.74, 6) is 0.732. The van der Waals surface area contributed by atoms with Crippen LogP contribution >= 0.6 is 0 Å². The quantitative estimate of drug-likeness (QED) is 0.345. The van der Waals surface area contributed by atoms with Crippen molar-refractivity contribution >= 4 is 0 Å². The van der Waals surface area contributed by atoms with Crippen LogP contribution in [0.2, 0.25) is 0 Å². The molecule has 4 nitrogen and oxygen atoms in total. The summed E-state index contributed by atoms with van der Waals surface area (Å²) in [6.45, 7) is 0. The van der Waals surface area contributed by atoms with Crippen molar-refractivity contribution in [2.75, 3.05) is 0 Å². The Morgan fingerprint density at radius 2 is 2.45 bits per heavy atom. The first-order valence-electron chi connectivity index (χ1n) is 4.08. The fraction of sp³-hybridized carbons (Fsp3) is 1.00. The summed E-state index contributed by atoms with van der Waals surface area (Å²) in [7, 11) is 0. The van der Waals surface area contributed by atoms with Gasteiger partial charge in [0.2, 0.25) is 0 Å². The second-order valence-corrected chi connectivity index (χ2v) is 3.80. The highest BCUT2D eigenvalue weighted by molar-refractivity contribution is 5.09. The van der Waals surface area contributed by atoms with Gasteiger partial charge in [0.25, 0.3) is 0 Å². The van der Waals surface area contributed by atoms with Crippen molar-refractivity contribution in [3.8, 4) is 0 Å². The Labute approximate surface area is 65.4 Å². The van der Waals surface area contributed by atoms with Crippen LogP contribution in [0, 0.1) is 5.92 Å². The molecule has 2 aliphatic carbocycles. The second-order valence-electron chi connectivity index (χ2n) is 3.80. The lowest BCUT2D eigenvalue weighted by Gasteiger charge is -2.27. The van der Waals surface area contributed by atoms with Gasteiger partial charge in [0.05, 0.1) is 6.04 Å². The van der Waals surface area contributed by atoms with Crippen LogP contribution in [0.5, 0.6) is 0 Å². The van der Waals surface area contributed by atoms with Crippen LogP contribution in [0.25, 0.3) is 10.4 Å². The number of azide groups is 1. The van der Waals surface area contributed by atoms with E-state index in [1.807, 2.05) is 0 Å². The highest BCUT2D eigenvalue weighted by atomic mass is 15.2. The molecule has 0 spiro atoms. The van der Waals surface area contributed by atoms with E-state index in [2.05, 4.69) is 10.0 Å². The Balaban J connectivity index is 2.21. The van der Waals surface area contributed by atoms with Gasteiger partial charge in [-0.25, -0.2) is 0 Å². The smallest absolute Gasteiger partial charge is 0.0556 e. The first kappa shape index (κ1) is 6.95. The second kappa shape index (κ2) is 2.13. The summed E-state index contributed by atoms with van der Waals surface area (Å²) in [5.41, 5.74) is 14.2. The lowest BCUT2D eigenvalue weighted by atomic mass is 9.90. The minimum Gasteiger partial charge on any atom is -0.325 e. The Kier molecular flexibility index (Phi) is 1.34. The molecule has 2 N–H and O–H groups in total. The minimum absolute atomic E-state index is 0.0752. The number of fused-ring (bicyclic) bond motifs is 2. The van der Waals surface area contributed by atoms with Crippen LogP contribution in [0.15, 0.2) is 5.11 Å². The predicted molar refractivity (Wildman–Crippen MR) is 41.8 cm³/mol. The van der Waals surface area contributed by atoms with E-state index in [9.17, 15) is 0 Å². The number of rotatable bonds is 1. The van der Waals surface area contributed by atoms with Crippen molar-refractivity contribution in [2.45, 2.75) is 37.3 Å². The number of hydrogen-bond donors (Lipinski definition) is 1. The summed E-state index contributed by atoms with van der Waals surface area (Å²) in [5, 5.41) is 3.73. The van der Waals surface area contributed by atoms with Crippen LogP contribution in [0.3, 0.4) is 0 Å². The van der Waals surface area contributed by atoms with E-state index in [0.717, 1.165) is 25.2 Å². The zero-order valence-corrected chi connectivity index (χ0v) is 6.40. The zero-order chi connectivity index (χ0) is 7.90. The van der Waals surface area contributed by atoms with Gasteiger partial charge < -0.3 is 5.73 Å². The zero-order valence-electron chi connectivity index (χ0n) is 6.40. The molecule has 0 radical (unpaired) electrons. The van der Waals surface area contributed by atoms with Gasteiger partial charge in [-0.3, -0.25) is 0 Å². The summed E-state index contributed by atoms with van der Waals surface area (Å²) < 4.78 is 0. The first-order valence-corrected chi connectivity index (χ1v) is 4.08. The fourth-order valence-corrected chi connectivity index (χ4v) is 2.49. The Morgan fingerprint density at radius 1 is 1.64 bits per heavy atom. The van der Waals surface area contributed by atoms with E-state index < -0.39 is 0 Å². The third-order valence-electron chi connectivity index (χ3n) is 3.10. The summed E-state index contributed by atoms with van der Waals surface area (Å²) in [6.07, 6.45) is 4.35. The lowest BCUT2D eigenvalue weighted by molar-refractivity contribution is 0.360. The maximum atomic E-state index is 8.27. The molecule has 4 heteroatoms. The van der Waals surface area contributed by atoms with Gasteiger partial charge in [0.1, 0.15) is 0 Å². The number of nitrogens with two attached hydrogens (primary N) is 1. The molecular formula is C7H12N4. The van der Waals surface area contributed by atoms with Crippen molar-refractivity contribution < 1.29 is 0 Å². The average molecular weight is 152 g/mol. The SMILES string of the molecule is [N-]=[N+]=NC1CC2CCC1(N)C2. The van der Waals surface area contributed by atoms with Crippen LogP contribution in [-0.4, -0.2) is 11.6 Å². The Morgan fingerprint density at radius 3 is 2.91 bits per heavy atom. The van der Waals surface area contributed by atoms with Crippen LogP contribution in [-0.2, 0) is 0 Å². The molecule has 2 bridgehead atoms. The third-order valence-corrected chi connectivity index (χ3v) is 3.10. The summed E-state index contributed by atoms with van der Waals surface area (Å²) in [6, 6.07) is 0.0752. The maximum Gasteiger partial charge on any atom is 0.0556 e. The van der Waals surface area contributed by atoms with E-state index >= 15 is 0 Å². The van der Waals surface area contributed by atoms with Crippen molar-refractivity contribution in [1.82, 2.24) is 0 Å². The molecule has 0 aromatic carbocycles. The molecule has 2 aliphatic rings. The lowest BCUT2D eigenvalue weighted by Crippen LogP contribution is -2.44. The monoisotopic (exact) mass is 152 g/mol. The molecule has 2 saturated carbocycles. The molecular weight excluding hydrogens is 140 g/mol. The highest BCUT2D eigenvalue weighted by Crippen LogP contribution is 2.47. The van der Waals surface area contributed by atoms with E-state index in [-0.39, 0.29) is 11.6 Å². The van der Waals surface area contributed by atoms with E-state index in [1.54, 1.807) is 0 Å². The fourth-order valence-electron chi connectivity index (χ4n) is 2.49. The van der Waals surface area contributed by atoms with Crippen molar-refractivity contribution in [3.05, 3.63) is 10.4 Å². The van der Waals surface area contributed by atoms with Crippen LogP contribution in [0.1, 0.15) is 25.7 Å². The normalized spacial score (nSPS) is 47.4. The molecule has 2 rings (SSSR count). The first-order chi connectivity index (χ1) is 5.24. The number of hydrogen-bond acceptors (Lipinski definition) is 2. The Bertz CT molecular complexity index is 220.